The first-order chi connectivity index (χ1) is 15.8. The molecule has 0 aliphatic rings. The molecule has 33 heavy (non-hydrogen) atoms. The number of halogens is 4. The average molecular weight is 570 g/mol. The highest BCUT2D eigenvalue weighted by molar-refractivity contribution is 9.10. The van der Waals surface area contributed by atoms with Gasteiger partial charge >= 0.3 is 0 Å². The van der Waals surface area contributed by atoms with E-state index in [1.165, 1.54) is 6.21 Å². The lowest BCUT2D eigenvalue weighted by Crippen LogP contribution is -2.24. The molecule has 0 fully saturated rings. The molecule has 0 spiro atoms. The molecule has 0 aliphatic carbocycles. The van der Waals surface area contributed by atoms with Crippen LogP contribution in [0.15, 0.2) is 70.2 Å². The van der Waals surface area contributed by atoms with Crippen molar-refractivity contribution in [3.63, 3.8) is 0 Å². The molecule has 0 aromatic heterocycles. The second-order valence-corrected chi connectivity index (χ2v) is 8.80. The van der Waals surface area contributed by atoms with Crippen molar-refractivity contribution in [1.82, 2.24) is 5.43 Å². The Labute approximate surface area is 214 Å². The van der Waals surface area contributed by atoms with Crippen molar-refractivity contribution in [2.45, 2.75) is 13.0 Å². The summed E-state index contributed by atoms with van der Waals surface area (Å²) in [5, 5.41) is 7.59. The van der Waals surface area contributed by atoms with Gasteiger partial charge in [-0.25, -0.2) is 5.43 Å². The minimum Gasteiger partial charge on any atom is -0.488 e. The predicted octanol–water partition coefficient (Wildman–Crippen LogP) is 6.47. The van der Waals surface area contributed by atoms with E-state index in [1.54, 1.807) is 48.5 Å². The third-order valence-electron chi connectivity index (χ3n) is 4.21. The van der Waals surface area contributed by atoms with Gasteiger partial charge in [-0.2, -0.15) is 5.10 Å². The van der Waals surface area contributed by atoms with Crippen molar-refractivity contribution >= 4 is 74.4 Å². The number of carbonyl (C=O) groups excluding carboxylic acids is 2. The minimum absolute atomic E-state index is 0.206. The molecule has 170 valence electrons. The lowest BCUT2D eigenvalue weighted by Gasteiger charge is -2.09. The van der Waals surface area contributed by atoms with Crippen LogP contribution >= 0.6 is 50.7 Å². The lowest BCUT2D eigenvalue weighted by atomic mass is 10.2. The van der Waals surface area contributed by atoms with Gasteiger partial charge in [0, 0.05) is 5.02 Å². The highest BCUT2D eigenvalue weighted by Gasteiger charge is 2.12. The summed E-state index contributed by atoms with van der Waals surface area (Å²) in [6.07, 6.45) is 1.03. The summed E-state index contributed by atoms with van der Waals surface area (Å²) in [6.45, 7) is 0.391. The van der Waals surface area contributed by atoms with Crippen molar-refractivity contribution in [2.24, 2.45) is 5.10 Å². The van der Waals surface area contributed by atoms with Gasteiger partial charge in [0.2, 0.25) is 11.8 Å². The molecular weight excluding hydrogens is 553 g/mol. The van der Waals surface area contributed by atoms with Crippen molar-refractivity contribution in [1.29, 1.82) is 0 Å². The quantitative estimate of drug-likeness (QED) is 0.186. The largest absolute Gasteiger partial charge is 0.488 e. The summed E-state index contributed by atoms with van der Waals surface area (Å²) in [6, 6.07) is 17.6. The maximum atomic E-state index is 12.0. The number of nitrogens with one attached hydrogen (secondary N) is 2. The number of carbonyl (C=O) groups is 2. The Morgan fingerprint density at radius 1 is 1.00 bits per heavy atom. The van der Waals surface area contributed by atoms with Gasteiger partial charge in [0.05, 0.1) is 26.4 Å². The van der Waals surface area contributed by atoms with Crippen LogP contribution in [0.2, 0.25) is 15.1 Å². The van der Waals surface area contributed by atoms with Crippen molar-refractivity contribution in [2.75, 3.05) is 5.32 Å². The third-order valence-corrected chi connectivity index (χ3v) is 5.90. The number of benzene rings is 3. The number of hydrogen-bond donors (Lipinski definition) is 2. The maximum Gasteiger partial charge on any atom is 0.249 e. The monoisotopic (exact) mass is 567 g/mol. The molecule has 3 aromatic carbocycles. The number of hydrazone groups is 1. The first-order valence-electron chi connectivity index (χ1n) is 9.54. The number of anilines is 1. The van der Waals surface area contributed by atoms with Gasteiger partial charge in [0.1, 0.15) is 18.8 Å². The smallest absolute Gasteiger partial charge is 0.249 e. The summed E-state index contributed by atoms with van der Waals surface area (Å²) < 4.78 is 6.53. The molecule has 0 bridgehead atoms. The van der Waals surface area contributed by atoms with E-state index in [0.717, 1.165) is 15.6 Å². The van der Waals surface area contributed by atoms with E-state index in [9.17, 15) is 9.59 Å². The predicted molar refractivity (Wildman–Crippen MR) is 135 cm³/mol. The summed E-state index contributed by atoms with van der Waals surface area (Å²) in [4.78, 5) is 24.0. The van der Waals surface area contributed by atoms with Gasteiger partial charge in [0.15, 0.2) is 0 Å². The molecule has 3 rings (SSSR count). The van der Waals surface area contributed by atoms with Gasteiger partial charge < -0.3 is 10.1 Å². The standard InChI is InChI=1S/C23H17BrCl3N3O3/c24-17-10-15(6-9-20(17)33-13-14-4-7-16(25)8-5-14)12-28-30-22(32)11-21(31)29-19-3-1-2-18(26)23(19)27/h1-10,12H,11,13H2,(H,29,31)(H,30,32). The number of ether oxygens (including phenoxy) is 1. The van der Waals surface area contributed by atoms with Crippen LogP contribution in [0.25, 0.3) is 0 Å². The van der Waals surface area contributed by atoms with Crippen molar-refractivity contribution in [3.8, 4) is 5.75 Å². The van der Waals surface area contributed by atoms with Crippen LogP contribution in [0.1, 0.15) is 17.5 Å². The summed E-state index contributed by atoms with van der Waals surface area (Å²) in [5.41, 5.74) is 4.35. The summed E-state index contributed by atoms with van der Waals surface area (Å²) >= 11 is 21.3. The van der Waals surface area contributed by atoms with Crippen molar-refractivity contribution in [3.05, 3.63) is 91.3 Å². The molecule has 2 amide bonds. The minimum atomic E-state index is -0.580. The first kappa shape index (κ1) is 25.1. The van der Waals surface area contributed by atoms with Crippen LogP contribution in [-0.2, 0) is 16.2 Å². The number of rotatable bonds is 8. The van der Waals surface area contributed by atoms with Gasteiger partial charge in [-0.3, -0.25) is 9.59 Å². The van der Waals surface area contributed by atoms with Gasteiger partial charge in [0.25, 0.3) is 0 Å². The van der Waals surface area contributed by atoms with Crippen LogP contribution < -0.4 is 15.5 Å². The molecule has 2 N–H and O–H groups in total. The summed E-state index contributed by atoms with van der Waals surface area (Å²) in [5.74, 6) is -0.469. The highest BCUT2D eigenvalue weighted by atomic mass is 79.9. The SMILES string of the molecule is O=C(CC(=O)Nc1cccc(Cl)c1Cl)NN=Cc1ccc(OCc2ccc(Cl)cc2)c(Br)c1. The molecule has 10 heteroatoms. The Morgan fingerprint density at radius 2 is 1.76 bits per heavy atom. The zero-order chi connectivity index (χ0) is 23.8. The molecule has 0 saturated carbocycles. The van der Waals surface area contributed by atoms with Crippen LogP contribution in [0, 0.1) is 0 Å². The Morgan fingerprint density at radius 3 is 2.48 bits per heavy atom. The fourth-order valence-electron chi connectivity index (χ4n) is 2.62. The van der Waals surface area contributed by atoms with E-state index in [0.29, 0.717) is 28.1 Å². The van der Waals surface area contributed by atoms with Crippen LogP contribution in [0.4, 0.5) is 5.69 Å². The Hall–Kier alpha value is -2.58. The molecular formula is C23H17BrCl3N3O3. The Kier molecular flexibility index (Phi) is 9.14. The molecule has 6 nitrogen and oxygen atoms in total. The number of hydrogen-bond acceptors (Lipinski definition) is 4. The molecule has 0 unspecified atom stereocenters. The lowest BCUT2D eigenvalue weighted by molar-refractivity contribution is -0.126. The van der Waals surface area contributed by atoms with E-state index < -0.39 is 18.2 Å². The second kappa shape index (κ2) is 12.0. The fraction of sp³-hybridized carbons (Fsp3) is 0.0870. The van der Waals surface area contributed by atoms with Crippen LogP contribution in [-0.4, -0.2) is 18.0 Å². The molecule has 3 aromatic rings. The molecule has 0 radical (unpaired) electrons. The van der Waals surface area contributed by atoms with E-state index in [4.69, 9.17) is 39.5 Å². The van der Waals surface area contributed by atoms with Gasteiger partial charge in [-0.05, 0) is 69.5 Å². The molecule has 0 heterocycles. The average Bonchev–Trinajstić information content (AvgIpc) is 2.77. The number of nitrogens with zero attached hydrogens (tertiary/aromatic N) is 1. The van der Waals surface area contributed by atoms with Gasteiger partial charge in [-0.15, -0.1) is 0 Å². The van der Waals surface area contributed by atoms with Crippen LogP contribution in [0.3, 0.4) is 0 Å². The van der Waals surface area contributed by atoms with Gasteiger partial charge in [-0.1, -0.05) is 53.0 Å². The normalized spacial score (nSPS) is 10.8. The topological polar surface area (TPSA) is 79.8 Å². The maximum absolute atomic E-state index is 12.0. The highest BCUT2D eigenvalue weighted by Crippen LogP contribution is 2.29. The van der Waals surface area contributed by atoms with E-state index >= 15 is 0 Å². The third kappa shape index (κ3) is 7.75. The number of amides is 2. The zero-order valence-corrected chi connectivity index (χ0v) is 20.8. The van der Waals surface area contributed by atoms with Crippen LogP contribution in [0.5, 0.6) is 5.75 Å². The summed E-state index contributed by atoms with van der Waals surface area (Å²) in [7, 11) is 0. The second-order valence-electron chi connectivity index (χ2n) is 6.72. The molecule has 0 aliphatic heterocycles. The Balaban J connectivity index is 1.48. The van der Waals surface area contributed by atoms with Crippen molar-refractivity contribution < 1.29 is 14.3 Å². The molecule has 0 atom stereocenters. The molecule has 0 saturated heterocycles. The zero-order valence-electron chi connectivity index (χ0n) is 16.9. The van der Waals surface area contributed by atoms with E-state index in [1.807, 2.05) is 12.1 Å². The van der Waals surface area contributed by atoms with E-state index in [-0.39, 0.29) is 5.02 Å². The van der Waals surface area contributed by atoms with E-state index in [2.05, 4.69) is 31.8 Å². The Bertz CT molecular complexity index is 1190. The first-order valence-corrected chi connectivity index (χ1v) is 11.5. The fourth-order valence-corrected chi connectivity index (χ4v) is 3.60.